The molecule has 0 spiro atoms. The Bertz CT molecular complexity index is 1090. The van der Waals surface area contributed by atoms with Crippen molar-refractivity contribution in [3.05, 3.63) is 35.8 Å². The summed E-state index contributed by atoms with van der Waals surface area (Å²) in [4.78, 5) is 35.6. The highest BCUT2D eigenvalue weighted by Crippen LogP contribution is 2.32. The summed E-state index contributed by atoms with van der Waals surface area (Å²) < 4.78 is 2.65. The molecule has 3 aromatic rings. The van der Waals surface area contributed by atoms with E-state index >= 15 is 0 Å². The number of carbonyl (C=O) groups is 2. The number of hydrogen-bond acceptors (Lipinski definition) is 6. The maximum Gasteiger partial charge on any atom is 0.246 e. The van der Waals surface area contributed by atoms with Crippen molar-refractivity contribution in [3.8, 4) is 0 Å². The zero-order valence-corrected chi connectivity index (χ0v) is 17.4. The SMILES string of the molecule is CC1C(=O)c2c(ncn2CC(=O)Nc2nc3ccc(C(C)(C)C)cc3s2)N1C. The number of fused-ring (bicyclic) bond motifs is 2. The number of carbonyl (C=O) groups excluding carboxylic acids is 2. The first kappa shape index (κ1) is 18.6. The summed E-state index contributed by atoms with van der Waals surface area (Å²) in [5, 5.41) is 3.41. The molecule has 0 radical (unpaired) electrons. The average molecular weight is 398 g/mol. The molecule has 0 saturated carbocycles. The number of anilines is 2. The maximum absolute atomic E-state index is 12.5. The van der Waals surface area contributed by atoms with E-state index in [-0.39, 0.29) is 29.7 Å². The molecular weight excluding hydrogens is 374 g/mol. The van der Waals surface area contributed by atoms with Crippen LogP contribution in [0.5, 0.6) is 0 Å². The van der Waals surface area contributed by atoms with Gasteiger partial charge in [0.15, 0.2) is 10.9 Å². The summed E-state index contributed by atoms with van der Waals surface area (Å²) in [5.74, 6) is 0.378. The van der Waals surface area contributed by atoms with Gasteiger partial charge in [-0.25, -0.2) is 9.97 Å². The van der Waals surface area contributed by atoms with E-state index in [1.807, 2.05) is 24.9 Å². The van der Waals surface area contributed by atoms with Crippen molar-refractivity contribution in [3.63, 3.8) is 0 Å². The van der Waals surface area contributed by atoms with Gasteiger partial charge in [0.25, 0.3) is 0 Å². The molecule has 146 valence electrons. The smallest absolute Gasteiger partial charge is 0.246 e. The van der Waals surface area contributed by atoms with Gasteiger partial charge < -0.3 is 14.8 Å². The molecule has 8 heteroatoms. The molecule has 28 heavy (non-hydrogen) atoms. The van der Waals surface area contributed by atoms with Crippen LogP contribution in [0, 0.1) is 0 Å². The molecular formula is C20H23N5O2S. The van der Waals surface area contributed by atoms with Crippen LogP contribution in [0.15, 0.2) is 24.5 Å². The molecule has 0 saturated heterocycles. The maximum atomic E-state index is 12.5. The number of imidazole rings is 1. The van der Waals surface area contributed by atoms with Crippen LogP contribution in [0.4, 0.5) is 10.9 Å². The zero-order valence-electron chi connectivity index (χ0n) is 16.6. The molecule has 1 aliphatic heterocycles. The van der Waals surface area contributed by atoms with E-state index in [1.54, 1.807) is 10.9 Å². The van der Waals surface area contributed by atoms with Crippen LogP contribution >= 0.6 is 11.3 Å². The van der Waals surface area contributed by atoms with Gasteiger partial charge in [0.1, 0.15) is 12.2 Å². The first-order chi connectivity index (χ1) is 13.1. The van der Waals surface area contributed by atoms with E-state index in [4.69, 9.17) is 0 Å². The fraction of sp³-hybridized carbons (Fsp3) is 0.400. The monoisotopic (exact) mass is 397 g/mol. The number of Topliss-reactive ketones (excluding diaryl/α,β-unsaturated/α-hetero) is 1. The van der Waals surface area contributed by atoms with Crippen LogP contribution in [0.2, 0.25) is 0 Å². The summed E-state index contributed by atoms with van der Waals surface area (Å²) in [6.07, 6.45) is 1.54. The Morgan fingerprint density at radius 2 is 2.07 bits per heavy atom. The van der Waals surface area contributed by atoms with Gasteiger partial charge in [-0.3, -0.25) is 9.59 Å². The Kier molecular flexibility index (Phi) is 4.26. The van der Waals surface area contributed by atoms with Gasteiger partial charge in [-0.2, -0.15) is 0 Å². The normalized spacial score (nSPS) is 16.7. The van der Waals surface area contributed by atoms with E-state index in [9.17, 15) is 9.59 Å². The number of nitrogens with one attached hydrogen (secondary N) is 1. The van der Waals surface area contributed by atoms with E-state index in [0.29, 0.717) is 16.6 Å². The van der Waals surface area contributed by atoms with E-state index in [2.05, 4.69) is 48.2 Å². The number of hydrogen-bond donors (Lipinski definition) is 1. The van der Waals surface area contributed by atoms with Crippen LogP contribution in [-0.4, -0.2) is 39.3 Å². The van der Waals surface area contributed by atoms with Crippen molar-refractivity contribution < 1.29 is 9.59 Å². The molecule has 3 heterocycles. The van der Waals surface area contributed by atoms with Gasteiger partial charge >= 0.3 is 0 Å². The predicted octanol–water partition coefficient (Wildman–Crippen LogP) is 3.45. The van der Waals surface area contributed by atoms with Crippen LogP contribution in [0.1, 0.15) is 43.7 Å². The molecule has 1 N–H and O–H groups in total. The van der Waals surface area contributed by atoms with Crippen molar-refractivity contribution in [2.24, 2.45) is 0 Å². The number of rotatable bonds is 3. The van der Waals surface area contributed by atoms with Gasteiger partial charge in [0.05, 0.1) is 22.6 Å². The number of aromatic nitrogens is 3. The fourth-order valence-corrected chi connectivity index (χ4v) is 4.24. The van der Waals surface area contributed by atoms with Crippen LogP contribution in [0.25, 0.3) is 10.2 Å². The number of ketones is 1. The van der Waals surface area contributed by atoms with Crippen LogP contribution in [0.3, 0.4) is 0 Å². The Labute approximate surface area is 167 Å². The van der Waals surface area contributed by atoms with Crippen molar-refractivity contribution in [2.75, 3.05) is 17.3 Å². The quantitative estimate of drug-likeness (QED) is 0.732. The summed E-state index contributed by atoms with van der Waals surface area (Å²) >= 11 is 1.45. The summed E-state index contributed by atoms with van der Waals surface area (Å²) in [6, 6.07) is 5.93. The van der Waals surface area contributed by atoms with E-state index in [1.165, 1.54) is 16.9 Å². The highest BCUT2D eigenvalue weighted by Gasteiger charge is 2.36. The topological polar surface area (TPSA) is 80.1 Å². The second kappa shape index (κ2) is 6.41. The highest BCUT2D eigenvalue weighted by atomic mass is 32.1. The molecule has 1 amide bonds. The van der Waals surface area contributed by atoms with E-state index in [0.717, 1.165) is 10.2 Å². The van der Waals surface area contributed by atoms with Crippen molar-refractivity contribution in [1.29, 1.82) is 0 Å². The van der Waals surface area contributed by atoms with Gasteiger partial charge in [-0.1, -0.05) is 38.2 Å². The minimum atomic E-state index is -0.255. The van der Waals surface area contributed by atoms with Gasteiger partial charge in [-0.15, -0.1) is 0 Å². The van der Waals surface area contributed by atoms with Crippen LogP contribution in [-0.2, 0) is 16.8 Å². The largest absolute Gasteiger partial charge is 0.348 e. The fourth-order valence-electron chi connectivity index (χ4n) is 3.32. The zero-order chi connectivity index (χ0) is 20.2. The Balaban J connectivity index is 1.52. The molecule has 2 aromatic heterocycles. The second-order valence-corrected chi connectivity index (χ2v) is 9.23. The molecule has 0 bridgehead atoms. The van der Waals surface area contributed by atoms with Crippen molar-refractivity contribution in [2.45, 2.75) is 45.7 Å². The van der Waals surface area contributed by atoms with Gasteiger partial charge in [0.2, 0.25) is 11.7 Å². The van der Waals surface area contributed by atoms with Crippen molar-refractivity contribution in [1.82, 2.24) is 14.5 Å². The lowest BCUT2D eigenvalue weighted by molar-refractivity contribution is -0.116. The molecule has 0 aliphatic carbocycles. The lowest BCUT2D eigenvalue weighted by Gasteiger charge is -2.18. The van der Waals surface area contributed by atoms with E-state index < -0.39 is 0 Å². The number of nitrogens with zero attached hydrogens (tertiary/aromatic N) is 4. The highest BCUT2D eigenvalue weighted by molar-refractivity contribution is 7.22. The third-order valence-corrected chi connectivity index (χ3v) is 6.09. The summed E-state index contributed by atoms with van der Waals surface area (Å²) in [5.41, 5.74) is 2.64. The first-order valence-electron chi connectivity index (χ1n) is 9.18. The molecule has 7 nitrogen and oxygen atoms in total. The third-order valence-electron chi connectivity index (χ3n) is 5.16. The number of amides is 1. The Morgan fingerprint density at radius 1 is 1.32 bits per heavy atom. The molecule has 1 atom stereocenters. The average Bonchev–Trinajstić information content (AvgIpc) is 3.26. The summed E-state index contributed by atoms with van der Waals surface area (Å²) in [7, 11) is 1.83. The second-order valence-electron chi connectivity index (χ2n) is 8.20. The van der Waals surface area contributed by atoms with Crippen LogP contribution < -0.4 is 10.2 Å². The number of benzene rings is 1. The molecule has 0 fully saturated rings. The predicted molar refractivity (Wildman–Crippen MR) is 111 cm³/mol. The first-order valence-corrected chi connectivity index (χ1v) is 10.00. The molecule has 1 aliphatic rings. The Morgan fingerprint density at radius 3 is 2.79 bits per heavy atom. The number of thiazole rings is 1. The third kappa shape index (κ3) is 3.07. The molecule has 4 rings (SSSR count). The van der Waals surface area contributed by atoms with Gasteiger partial charge in [-0.05, 0) is 30.0 Å². The minimum Gasteiger partial charge on any atom is -0.348 e. The van der Waals surface area contributed by atoms with Crippen molar-refractivity contribution >= 4 is 44.2 Å². The summed E-state index contributed by atoms with van der Waals surface area (Å²) in [6.45, 7) is 8.36. The minimum absolute atomic E-state index is 0.0162. The number of likely N-dealkylation sites (N-methyl/N-ethyl adjacent to an activating group) is 1. The molecule has 1 unspecified atom stereocenters. The lowest BCUT2D eigenvalue weighted by atomic mass is 9.87. The van der Waals surface area contributed by atoms with Gasteiger partial charge in [0, 0.05) is 7.05 Å². The molecule has 1 aromatic carbocycles. The Hall–Kier alpha value is -2.74. The standard InChI is InChI=1S/C20H23N5O2S/c1-11-17(27)16-18(24(11)5)21-10-25(16)9-15(26)23-19-22-13-7-6-12(20(2,3)4)8-14(13)28-19/h6-8,10-11H,9H2,1-5H3,(H,22,23,26). The lowest BCUT2D eigenvalue weighted by Crippen LogP contribution is -2.29.